The number of nitrogens with one attached hydrogen (secondary N) is 1. The van der Waals surface area contributed by atoms with Crippen molar-refractivity contribution in [2.75, 3.05) is 31.6 Å². The number of non-ortho nitro benzene ring substituents is 1. The van der Waals surface area contributed by atoms with E-state index in [1.807, 2.05) is 0 Å². The van der Waals surface area contributed by atoms with Crippen molar-refractivity contribution in [2.45, 2.75) is 17.9 Å². The molecule has 156 valence electrons. The first kappa shape index (κ1) is 21.1. The molecule has 3 rings (SSSR count). The normalized spacial score (nSPS) is 16.4. The molecule has 1 atom stereocenters. The second-order valence-electron chi connectivity index (χ2n) is 6.49. The lowest BCUT2D eigenvalue weighted by Gasteiger charge is -2.27. The number of ether oxygens (including phenoxy) is 1. The average Bonchev–Trinajstić information content (AvgIpc) is 2.70. The first-order valence-electron chi connectivity index (χ1n) is 8.78. The van der Waals surface area contributed by atoms with Crippen LogP contribution in [0.25, 0.3) is 0 Å². The predicted octanol–water partition coefficient (Wildman–Crippen LogP) is 3.07. The van der Waals surface area contributed by atoms with Gasteiger partial charge in [-0.2, -0.15) is 4.31 Å². The number of hydrogen-bond acceptors (Lipinski definition) is 6. The van der Waals surface area contributed by atoms with Crippen LogP contribution in [0.3, 0.4) is 0 Å². The number of nitrogens with zero attached hydrogens (tertiary/aromatic N) is 2. The molecule has 2 aromatic carbocycles. The molecule has 0 amide bonds. The van der Waals surface area contributed by atoms with Crippen molar-refractivity contribution in [1.82, 2.24) is 4.31 Å². The number of nitro benzene ring substituents is 1. The molecule has 0 bridgehead atoms. The van der Waals surface area contributed by atoms with Gasteiger partial charge in [0.1, 0.15) is 4.90 Å². The lowest BCUT2D eigenvalue weighted by molar-refractivity contribution is -0.385. The number of sulfonamides is 1. The van der Waals surface area contributed by atoms with E-state index in [9.17, 15) is 27.3 Å². The monoisotopic (exact) mass is 427 g/mol. The standard InChI is InChI=1S/C18H19F2N3O5S/c1-12(13-2-4-15(19)16(20)10-13)21-17-5-3-14(23(24)25)11-18(17)29(26,27)22-6-8-28-9-7-22/h2-5,10-12,21H,6-9H2,1H3/t12-/m1/s1. The van der Waals surface area contributed by atoms with Gasteiger partial charge in [0.25, 0.3) is 5.69 Å². The minimum atomic E-state index is -4.04. The van der Waals surface area contributed by atoms with Gasteiger partial charge in [-0.1, -0.05) is 6.07 Å². The fourth-order valence-corrected chi connectivity index (χ4v) is 4.56. The van der Waals surface area contributed by atoms with Crippen molar-refractivity contribution in [2.24, 2.45) is 0 Å². The second-order valence-corrected chi connectivity index (χ2v) is 8.40. The van der Waals surface area contributed by atoms with Gasteiger partial charge in [0, 0.05) is 31.3 Å². The molecule has 1 N–H and O–H groups in total. The van der Waals surface area contributed by atoms with Gasteiger partial charge in [0.2, 0.25) is 10.0 Å². The third kappa shape index (κ3) is 4.52. The van der Waals surface area contributed by atoms with Gasteiger partial charge in [-0.05, 0) is 30.7 Å². The molecule has 1 heterocycles. The lowest BCUT2D eigenvalue weighted by atomic mass is 10.1. The maximum Gasteiger partial charge on any atom is 0.270 e. The van der Waals surface area contributed by atoms with E-state index in [2.05, 4.69) is 5.32 Å². The van der Waals surface area contributed by atoms with Crippen molar-refractivity contribution >= 4 is 21.4 Å². The van der Waals surface area contributed by atoms with Crippen LogP contribution in [0.2, 0.25) is 0 Å². The molecule has 0 radical (unpaired) electrons. The smallest absolute Gasteiger partial charge is 0.270 e. The van der Waals surface area contributed by atoms with Crippen LogP contribution in [0.1, 0.15) is 18.5 Å². The number of anilines is 1. The molecule has 0 spiro atoms. The Bertz CT molecular complexity index is 1030. The van der Waals surface area contributed by atoms with Crippen LogP contribution in [-0.2, 0) is 14.8 Å². The maximum absolute atomic E-state index is 13.5. The van der Waals surface area contributed by atoms with Gasteiger partial charge < -0.3 is 10.1 Å². The van der Waals surface area contributed by atoms with Crippen LogP contribution in [0.5, 0.6) is 0 Å². The lowest BCUT2D eigenvalue weighted by Crippen LogP contribution is -2.40. The Morgan fingerprint density at radius 1 is 1.14 bits per heavy atom. The van der Waals surface area contributed by atoms with Gasteiger partial charge in [-0.15, -0.1) is 0 Å². The number of halogens is 2. The summed E-state index contributed by atoms with van der Waals surface area (Å²) in [5.41, 5.74) is 0.138. The molecule has 1 aliphatic rings. The fraction of sp³-hybridized carbons (Fsp3) is 0.333. The minimum absolute atomic E-state index is 0.124. The molecule has 11 heteroatoms. The molecule has 0 aliphatic carbocycles. The largest absolute Gasteiger partial charge is 0.379 e. The summed E-state index contributed by atoms with van der Waals surface area (Å²) in [6.07, 6.45) is 0. The van der Waals surface area contributed by atoms with E-state index in [0.717, 1.165) is 18.2 Å². The number of morpholine rings is 1. The molecular weight excluding hydrogens is 408 g/mol. The highest BCUT2D eigenvalue weighted by atomic mass is 32.2. The highest BCUT2D eigenvalue weighted by Crippen LogP contribution is 2.32. The van der Waals surface area contributed by atoms with Gasteiger partial charge in [-0.3, -0.25) is 10.1 Å². The summed E-state index contributed by atoms with van der Waals surface area (Å²) in [5, 5.41) is 14.1. The summed E-state index contributed by atoms with van der Waals surface area (Å²) in [4.78, 5) is 10.2. The van der Waals surface area contributed by atoms with E-state index in [-0.39, 0.29) is 42.6 Å². The first-order valence-corrected chi connectivity index (χ1v) is 10.2. The van der Waals surface area contributed by atoms with Crippen LogP contribution in [-0.4, -0.2) is 43.9 Å². The molecule has 29 heavy (non-hydrogen) atoms. The molecular formula is C18H19F2N3O5S. The van der Waals surface area contributed by atoms with Crippen LogP contribution in [0.4, 0.5) is 20.2 Å². The van der Waals surface area contributed by atoms with E-state index >= 15 is 0 Å². The zero-order chi connectivity index (χ0) is 21.2. The number of nitro groups is 1. The summed E-state index contributed by atoms with van der Waals surface area (Å²) >= 11 is 0. The Hall–Kier alpha value is -2.63. The SMILES string of the molecule is C[C@@H](Nc1ccc([N+](=O)[O-])cc1S(=O)(=O)N1CCOCC1)c1ccc(F)c(F)c1. The third-order valence-electron chi connectivity index (χ3n) is 4.58. The molecule has 0 unspecified atom stereocenters. The summed E-state index contributed by atoms with van der Waals surface area (Å²) < 4.78 is 59.3. The Labute approximate surface area is 166 Å². The zero-order valence-corrected chi connectivity index (χ0v) is 16.3. The molecule has 1 saturated heterocycles. The Kier molecular flexibility index (Phi) is 6.10. The molecule has 0 saturated carbocycles. The van der Waals surface area contributed by atoms with Gasteiger partial charge >= 0.3 is 0 Å². The topological polar surface area (TPSA) is 102 Å². The third-order valence-corrected chi connectivity index (χ3v) is 6.52. The van der Waals surface area contributed by atoms with Crippen molar-refractivity contribution in [3.8, 4) is 0 Å². The van der Waals surface area contributed by atoms with E-state index in [4.69, 9.17) is 4.74 Å². The highest BCUT2D eigenvalue weighted by molar-refractivity contribution is 7.89. The average molecular weight is 427 g/mol. The van der Waals surface area contributed by atoms with Crippen molar-refractivity contribution in [3.63, 3.8) is 0 Å². The van der Waals surface area contributed by atoms with Crippen LogP contribution >= 0.6 is 0 Å². The van der Waals surface area contributed by atoms with E-state index in [1.165, 1.54) is 22.5 Å². The van der Waals surface area contributed by atoms with Crippen LogP contribution in [0.15, 0.2) is 41.3 Å². The number of hydrogen-bond donors (Lipinski definition) is 1. The van der Waals surface area contributed by atoms with Crippen molar-refractivity contribution in [3.05, 3.63) is 63.7 Å². The summed E-state index contributed by atoms with van der Waals surface area (Å²) in [5.74, 6) is -2.02. The Morgan fingerprint density at radius 3 is 2.45 bits per heavy atom. The fourth-order valence-electron chi connectivity index (χ4n) is 2.98. The molecule has 1 fully saturated rings. The van der Waals surface area contributed by atoms with E-state index in [1.54, 1.807) is 6.92 Å². The molecule has 2 aromatic rings. The summed E-state index contributed by atoms with van der Waals surface area (Å²) in [6, 6.07) is 6.23. The Balaban J connectivity index is 1.99. The van der Waals surface area contributed by atoms with Crippen LogP contribution < -0.4 is 5.32 Å². The zero-order valence-electron chi connectivity index (χ0n) is 15.5. The first-order chi connectivity index (χ1) is 13.7. The number of rotatable bonds is 6. The number of benzene rings is 2. The predicted molar refractivity (Wildman–Crippen MR) is 101 cm³/mol. The molecule has 1 aliphatic heterocycles. The highest BCUT2D eigenvalue weighted by Gasteiger charge is 2.30. The van der Waals surface area contributed by atoms with Crippen LogP contribution in [0, 0.1) is 21.7 Å². The van der Waals surface area contributed by atoms with Crippen molar-refractivity contribution < 1.29 is 26.9 Å². The maximum atomic E-state index is 13.5. The second kappa shape index (κ2) is 8.39. The molecule has 0 aromatic heterocycles. The molecule has 8 nitrogen and oxygen atoms in total. The van der Waals surface area contributed by atoms with Gasteiger partial charge in [-0.25, -0.2) is 17.2 Å². The summed E-state index contributed by atoms with van der Waals surface area (Å²) in [7, 11) is -4.04. The van der Waals surface area contributed by atoms with Gasteiger partial charge in [0.05, 0.1) is 23.8 Å². The van der Waals surface area contributed by atoms with Crippen molar-refractivity contribution in [1.29, 1.82) is 0 Å². The summed E-state index contributed by atoms with van der Waals surface area (Å²) in [6.45, 7) is 2.34. The van der Waals surface area contributed by atoms with E-state index in [0.29, 0.717) is 5.56 Å². The Morgan fingerprint density at radius 2 is 1.83 bits per heavy atom. The van der Waals surface area contributed by atoms with E-state index < -0.39 is 32.6 Å². The van der Waals surface area contributed by atoms with Gasteiger partial charge in [0.15, 0.2) is 11.6 Å². The minimum Gasteiger partial charge on any atom is -0.379 e. The quantitative estimate of drug-likeness (QED) is 0.562.